The molecule has 0 amide bonds. The molecule has 0 bridgehead atoms. The fraction of sp³-hybridized carbons (Fsp3) is 0.0238. The number of nitrogens with zero attached hydrogens (tertiary/aromatic N) is 3. The van der Waals surface area contributed by atoms with E-state index >= 15 is 0 Å². The van der Waals surface area contributed by atoms with Crippen LogP contribution in [0.25, 0.3) is 76.8 Å². The third-order valence-electron chi connectivity index (χ3n) is 8.96. The molecular formula is C42H28N4S2. The minimum Gasteiger partial charge on any atom is -0.381 e. The topological polar surface area (TPSA) is 50.7 Å². The van der Waals surface area contributed by atoms with Gasteiger partial charge in [-0.05, 0) is 85.3 Å². The van der Waals surface area contributed by atoms with E-state index < -0.39 is 0 Å². The average molecular weight is 653 g/mol. The van der Waals surface area contributed by atoms with E-state index in [4.69, 9.17) is 4.98 Å². The highest BCUT2D eigenvalue weighted by Gasteiger charge is 2.21. The Labute approximate surface area is 286 Å². The van der Waals surface area contributed by atoms with Crippen molar-refractivity contribution in [1.82, 2.24) is 20.3 Å². The van der Waals surface area contributed by atoms with E-state index in [-0.39, 0.29) is 0 Å². The molecule has 0 saturated heterocycles. The Morgan fingerprint density at radius 2 is 1.23 bits per heavy atom. The molecular weight excluding hydrogens is 625 g/mol. The third kappa shape index (κ3) is 5.12. The predicted octanol–water partition coefficient (Wildman–Crippen LogP) is 11.0. The first-order chi connectivity index (χ1) is 23.8. The van der Waals surface area contributed by atoms with E-state index in [1.807, 2.05) is 29.6 Å². The molecule has 48 heavy (non-hydrogen) atoms. The van der Waals surface area contributed by atoms with Gasteiger partial charge < -0.3 is 5.32 Å². The van der Waals surface area contributed by atoms with Crippen LogP contribution in [0, 0.1) is 0 Å². The lowest BCUT2D eigenvalue weighted by atomic mass is 9.86. The lowest BCUT2D eigenvalue weighted by Crippen LogP contribution is -2.16. The largest absolute Gasteiger partial charge is 0.381 e. The summed E-state index contributed by atoms with van der Waals surface area (Å²) in [4.78, 5) is 16.0. The second kappa shape index (κ2) is 12.2. The van der Waals surface area contributed by atoms with Gasteiger partial charge in [-0.25, -0.2) is 0 Å². The number of thiazole rings is 2. The Morgan fingerprint density at radius 1 is 0.542 bits per heavy atom. The lowest BCUT2D eigenvalue weighted by molar-refractivity contribution is 1.00. The van der Waals surface area contributed by atoms with Gasteiger partial charge in [-0.15, -0.1) is 22.7 Å². The number of hydrogen-bond acceptors (Lipinski definition) is 6. The van der Waals surface area contributed by atoms with Crippen molar-refractivity contribution in [2.24, 2.45) is 0 Å². The molecule has 6 heteroatoms. The molecule has 0 fully saturated rings. The molecule has 4 heterocycles. The van der Waals surface area contributed by atoms with Crippen LogP contribution in [0.4, 0.5) is 0 Å². The molecule has 1 aliphatic rings. The number of rotatable bonds is 6. The SMILES string of the molecule is C1=C(c2cncs2)C=C(c2c3ccccc3c(-c3cc(-c4cncs4)ccn3)c3ccc(-c4cccc(-c5ccccc5)c4)cc23)NC1. The van der Waals surface area contributed by atoms with Crippen molar-refractivity contribution in [1.29, 1.82) is 0 Å². The van der Waals surface area contributed by atoms with Gasteiger partial charge in [0.05, 0.1) is 26.5 Å². The summed E-state index contributed by atoms with van der Waals surface area (Å²) in [6.07, 6.45) is 10.3. The summed E-state index contributed by atoms with van der Waals surface area (Å²) < 4.78 is 0. The quantitative estimate of drug-likeness (QED) is 0.182. The van der Waals surface area contributed by atoms with Crippen LogP contribution in [-0.2, 0) is 0 Å². The highest BCUT2D eigenvalue weighted by atomic mass is 32.1. The van der Waals surface area contributed by atoms with Gasteiger partial charge in [-0.1, -0.05) is 91.0 Å². The number of nitrogens with one attached hydrogen (secondary N) is 1. The highest BCUT2D eigenvalue weighted by molar-refractivity contribution is 7.13. The molecule has 0 aliphatic carbocycles. The van der Waals surface area contributed by atoms with E-state index in [1.165, 1.54) is 54.4 Å². The first kappa shape index (κ1) is 28.5. The van der Waals surface area contributed by atoms with Crippen molar-refractivity contribution in [2.45, 2.75) is 0 Å². The lowest BCUT2D eigenvalue weighted by Gasteiger charge is -2.22. The Hall–Kier alpha value is -5.69. The maximum atomic E-state index is 4.97. The van der Waals surface area contributed by atoms with Gasteiger partial charge in [0, 0.05) is 42.0 Å². The standard InChI is InChI=1S/C42H28N4S2/c1-2-7-27(8-3-1)28-9-6-10-29(19-28)30-13-14-35-36(20-30)42(38-22-32(16-18-46-38)40-24-44-26-48-40)34-12-5-4-11-33(34)41(35)37-21-31(15-17-45-37)39-23-43-25-47-39/h1-17,19-26,46H,18H2. The molecule has 5 aromatic carbocycles. The molecule has 8 aromatic rings. The number of pyridine rings is 1. The van der Waals surface area contributed by atoms with Gasteiger partial charge in [0.25, 0.3) is 0 Å². The van der Waals surface area contributed by atoms with Crippen LogP contribution in [0.2, 0.25) is 0 Å². The summed E-state index contributed by atoms with van der Waals surface area (Å²) in [7, 11) is 0. The van der Waals surface area contributed by atoms with Crippen molar-refractivity contribution in [3.8, 4) is 44.0 Å². The minimum absolute atomic E-state index is 0.744. The number of benzene rings is 5. The molecule has 4 nitrogen and oxygen atoms in total. The Kier molecular flexibility index (Phi) is 7.22. The maximum Gasteiger partial charge on any atom is 0.0797 e. The van der Waals surface area contributed by atoms with Crippen LogP contribution in [0.3, 0.4) is 0 Å². The summed E-state index contributed by atoms with van der Waals surface area (Å²) in [5.41, 5.74) is 15.2. The number of hydrogen-bond donors (Lipinski definition) is 1. The summed E-state index contributed by atoms with van der Waals surface area (Å²) in [5.74, 6) is 0. The van der Waals surface area contributed by atoms with Crippen molar-refractivity contribution in [3.05, 3.63) is 161 Å². The molecule has 0 unspecified atom stereocenters. The number of fused-ring (bicyclic) bond motifs is 2. The smallest absolute Gasteiger partial charge is 0.0797 e. The molecule has 9 rings (SSSR count). The summed E-state index contributed by atoms with van der Waals surface area (Å²) >= 11 is 3.31. The molecule has 1 aliphatic heterocycles. The first-order valence-electron chi connectivity index (χ1n) is 15.8. The summed E-state index contributed by atoms with van der Waals surface area (Å²) in [6.45, 7) is 0.744. The molecule has 0 saturated carbocycles. The second-order valence-electron chi connectivity index (χ2n) is 11.8. The van der Waals surface area contributed by atoms with Crippen LogP contribution in [-0.4, -0.2) is 21.5 Å². The third-order valence-corrected chi connectivity index (χ3v) is 10.6. The van der Waals surface area contributed by atoms with E-state index in [2.05, 4.69) is 137 Å². The van der Waals surface area contributed by atoms with Crippen molar-refractivity contribution < 1.29 is 0 Å². The van der Waals surface area contributed by atoms with Crippen LogP contribution in [0.5, 0.6) is 0 Å². The van der Waals surface area contributed by atoms with Crippen LogP contribution in [0.1, 0.15) is 10.4 Å². The summed E-state index contributed by atoms with van der Waals surface area (Å²) in [5, 5.41) is 8.44. The van der Waals surface area contributed by atoms with Crippen LogP contribution >= 0.6 is 22.7 Å². The number of aromatic nitrogens is 3. The highest BCUT2D eigenvalue weighted by Crippen LogP contribution is 2.44. The van der Waals surface area contributed by atoms with Crippen molar-refractivity contribution >= 4 is 55.5 Å². The first-order valence-corrected chi connectivity index (χ1v) is 17.6. The van der Waals surface area contributed by atoms with Crippen LogP contribution < -0.4 is 5.32 Å². The fourth-order valence-electron chi connectivity index (χ4n) is 6.74. The van der Waals surface area contributed by atoms with Gasteiger partial charge >= 0.3 is 0 Å². The van der Waals surface area contributed by atoms with Gasteiger partial charge in [0.15, 0.2) is 0 Å². The van der Waals surface area contributed by atoms with Gasteiger partial charge in [-0.2, -0.15) is 0 Å². The zero-order valence-corrected chi connectivity index (χ0v) is 27.4. The Bertz CT molecular complexity index is 2500. The van der Waals surface area contributed by atoms with Gasteiger partial charge in [0.1, 0.15) is 0 Å². The Morgan fingerprint density at radius 3 is 2.02 bits per heavy atom. The minimum atomic E-state index is 0.744. The zero-order valence-electron chi connectivity index (χ0n) is 25.8. The molecule has 0 spiro atoms. The van der Waals surface area contributed by atoms with Gasteiger partial charge in [0.2, 0.25) is 0 Å². The van der Waals surface area contributed by atoms with E-state index in [9.17, 15) is 0 Å². The second-order valence-corrected chi connectivity index (χ2v) is 13.5. The average Bonchev–Trinajstić information content (AvgIpc) is 3.90. The number of allylic oxidation sites excluding steroid dienone is 2. The summed E-state index contributed by atoms with van der Waals surface area (Å²) in [6, 6.07) is 39.3. The van der Waals surface area contributed by atoms with E-state index in [0.29, 0.717) is 0 Å². The molecule has 0 radical (unpaired) electrons. The van der Waals surface area contributed by atoms with E-state index in [1.54, 1.807) is 22.7 Å². The molecule has 0 atom stereocenters. The maximum absolute atomic E-state index is 4.97. The fourth-order valence-corrected chi connectivity index (χ4v) is 7.99. The normalized spacial score (nSPS) is 12.9. The molecule has 228 valence electrons. The van der Waals surface area contributed by atoms with Crippen LogP contribution in [0.15, 0.2) is 151 Å². The zero-order chi connectivity index (χ0) is 31.9. The monoisotopic (exact) mass is 652 g/mol. The Balaban J connectivity index is 1.32. The van der Waals surface area contributed by atoms with E-state index in [0.717, 1.165) is 39.3 Å². The molecule has 1 N–H and O–H groups in total. The molecule has 3 aromatic heterocycles. The number of dihydropyridines is 1. The van der Waals surface area contributed by atoms with Crippen molar-refractivity contribution in [3.63, 3.8) is 0 Å². The van der Waals surface area contributed by atoms with Crippen molar-refractivity contribution in [2.75, 3.05) is 6.54 Å². The predicted molar refractivity (Wildman–Crippen MR) is 203 cm³/mol. The van der Waals surface area contributed by atoms with Gasteiger partial charge in [-0.3, -0.25) is 15.0 Å².